The Kier molecular flexibility index (Phi) is 8.40. The number of hydrogen-bond donors (Lipinski definition) is 3. The van der Waals surface area contributed by atoms with Crippen molar-refractivity contribution in [1.82, 2.24) is 15.5 Å². The van der Waals surface area contributed by atoms with Crippen molar-refractivity contribution in [2.24, 2.45) is 17.6 Å². The maximum atomic E-state index is 12.2. The minimum Gasteiger partial charge on any atom is -0.353 e. The van der Waals surface area contributed by atoms with E-state index in [0.717, 1.165) is 0 Å². The summed E-state index contributed by atoms with van der Waals surface area (Å²) in [5, 5.41) is 5.30. The SMILES string of the molecule is CC(C)C1C(=O)NCCN1C(=O)CNC(=O)[C@@H](N)C(C)C.Cl. The molecule has 0 aromatic heterocycles. The molecule has 0 radical (unpaired) electrons. The monoisotopic (exact) mass is 334 g/mol. The van der Waals surface area contributed by atoms with Crippen LogP contribution in [0, 0.1) is 11.8 Å². The largest absolute Gasteiger partial charge is 0.353 e. The Morgan fingerprint density at radius 3 is 2.45 bits per heavy atom. The number of carbonyl (C=O) groups excluding carboxylic acids is 3. The topological polar surface area (TPSA) is 105 Å². The number of nitrogens with one attached hydrogen (secondary N) is 2. The normalized spacial score (nSPS) is 19.5. The van der Waals surface area contributed by atoms with Crippen LogP contribution in [-0.4, -0.2) is 54.3 Å². The molecule has 0 bridgehead atoms. The Hall–Kier alpha value is -1.34. The van der Waals surface area contributed by atoms with Gasteiger partial charge in [-0.3, -0.25) is 14.4 Å². The highest BCUT2D eigenvalue weighted by molar-refractivity contribution is 5.92. The van der Waals surface area contributed by atoms with Gasteiger partial charge in [-0.2, -0.15) is 0 Å². The van der Waals surface area contributed by atoms with Gasteiger partial charge in [-0.1, -0.05) is 27.7 Å². The van der Waals surface area contributed by atoms with Gasteiger partial charge in [-0.15, -0.1) is 12.4 Å². The minimum absolute atomic E-state index is 0. The molecule has 1 rings (SSSR count). The molecule has 0 spiro atoms. The van der Waals surface area contributed by atoms with E-state index in [4.69, 9.17) is 5.73 Å². The molecule has 0 saturated carbocycles. The first kappa shape index (κ1) is 20.7. The van der Waals surface area contributed by atoms with Crippen molar-refractivity contribution < 1.29 is 14.4 Å². The lowest BCUT2D eigenvalue weighted by atomic mass is 9.99. The zero-order valence-corrected chi connectivity index (χ0v) is 14.4. The first-order valence-corrected chi connectivity index (χ1v) is 7.36. The molecule has 1 fully saturated rings. The van der Waals surface area contributed by atoms with Crippen LogP contribution in [0.15, 0.2) is 0 Å². The van der Waals surface area contributed by atoms with Gasteiger partial charge >= 0.3 is 0 Å². The number of piperazine rings is 1. The number of amides is 3. The van der Waals surface area contributed by atoms with E-state index >= 15 is 0 Å². The Labute approximate surface area is 137 Å². The Morgan fingerprint density at radius 2 is 1.95 bits per heavy atom. The van der Waals surface area contributed by atoms with Crippen molar-refractivity contribution in [2.75, 3.05) is 19.6 Å². The van der Waals surface area contributed by atoms with Crippen LogP contribution >= 0.6 is 12.4 Å². The highest BCUT2D eigenvalue weighted by Crippen LogP contribution is 2.14. The summed E-state index contributed by atoms with van der Waals surface area (Å²) in [6.07, 6.45) is 0. The standard InChI is InChI=1S/C14H26N4O3.ClH/c1-8(2)11(15)13(20)17-7-10(19)18-6-5-16-14(21)12(18)9(3)4;/h8-9,11-12H,5-7,15H2,1-4H3,(H,16,21)(H,17,20);1H/t11-,12?;/m0./s1. The van der Waals surface area contributed by atoms with E-state index in [1.807, 2.05) is 27.7 Å². The molecule has 1 heterocycles. The second kappa shape index (κ2) is 8.95. The van der Waals surface area contributed by atoms with Gasteiger partial charge in [-0.05, 0) is 11.8 Å². The maximum Gasteiger partial charge on any atom is 0.243 e. The first-order valence-electron chi connectivity index (χ1n) is 7.36. The lowest BCUT2D eigenvalue weighted by molar-refractivity contribution is -0.145. The molecule has 22 heavy (non-hydrogen) atoms. The molecule has 4 N–H and O–H groups in total. The molecule has 0 aliphatic carbocycles. The minimum atomic E-state index is -0.636. The van der Waals surface area contributed by atoms with Crippen LogP contribution in [0.25, 0.3) is 0 Å². The van der Waals surface area contributed by atoms with Crippen LogP contribution in [0.5, 0.6) is 0 Å². The molecule has 1 aliphatic heterocycles. The summed E-state index contributed by atoms with van der Waals surface area (Å²) in [6.45, 7) is 8.24. The van der Waals surface area contributed by atoms with E-state index in [9.17, 15) is 14.4 Å². The number of halogens is 1. The fraction of sp³-hybridized carbons (Fsp3) is 0.786. The lowest BCUT2D eigenvalue weighted by Gasteiger charge is -2.37. The smallest absolute Gasteiger partial charge is 0.243 e. The number of nitrogens with two attached hydrogens (primary N) is 1. The number of carbonyl (C=O) groups is 3. The van der Waals surface area contributed by atoms with Gasteiger partial charge in [0.1, 0.15) is 6.04 Å². The molecule has 8 heteroatoms. The van der Waals surface area contributed by atoms with Crippen LogP contribution in [0.3, 0.4) is 0 Å². The van der Waals surface area contributed by atoms with Crippen molar-refractivity contribution in [2.45, 2.75) is 39.8 Å². The second-order valence-corrected chi connectivity index (χ2v) is 6.05. The zero-order chi connectivity index (χ0) is 16.2. The van der Waals surface area contributed by atoms with Gasteiger partial charge in [0, 0.05) is 13.1 Å². The Morgan fingerprint density at radius 1 is 1.36 bits per heavy atom. The van der Waals surface area contributed by atoms with E-state index in [-0.39, 0.29) is 48.5 Å². The van der Waals surface area contributed by atoms with E-state index in [1.165, 1.54) is 4.90 Å². The molecule has 0 aromatic rings. The lowest BCUT2D eigenvalue weighted by Crippen LogP contribution is -2.61. The summed E-state index contributed by atoms with van der Waals surface area (Å²) in [5.74, 6) is -0.726. The van der Waals surface area contributed by atoms with Gasteiger partial charge < -0.3 is 21.3 Å². The van der Waals surface area contributed by atoms with Gasteiger partial charge in [0.2, 0.25) is 17.7 Å². The molecule has 1 saturated heterocycles. The van der Waals surface area contributed by atoms with Gasteiger partial charge in [0.05, 0.1) is 12.6 Å². The molecule has 2 atom stereocenters. The molecule has 7 nitrogen and oxygen atoms in total. The first-order chi connectivity index (χ1) is 9.75. The summed E-state index contributed by atoms with van der Waals surface area (Å²) >= 11 is 0. The summed E-state index contributed by atoms with van der Waals surface area (Å²) in [4.78, 5) is 37.4. The summed E-state index contributed by atoms with van der Waals surface area (Å²) < 4.78 is 0. The predicted molar refractivity (Wildman–Crippen MR) is 86.4 cm³/mol. The maximum absolute atomic E-state index is 12.2. The Bertz CT molecular complexity index is 415. The van der Waals surface area contributed by atoms with Crippen molar-refractivity contribution >= 4 is 30.1 Å². The molecule has 1 aliphatic rings. The van der Waals surface area contributed by atoms with Crippen LogP contribution in [0.1, 0.15) is 27.7 Å². The summed E-state index contributed by atoms with van der Waals surface area (Å²) in [7, 11) is 0. The fourth-order valence-electron chi connectivity index (χ4n) is 2.31. The molecule has 0 aromatic carbocycles. The van der Waals surface area contributed by atoms with Crippen LogP contribution in [-0.2, 0) is 14.4 Å². The fourth-order valence-corrected chi connectivity index (χ4v) is 2.31. The van der Waals surface area contributed by atoms with Crippen LogP contribution in [0.4, 0.5) is 0 Å². The molecule has 3 amide bonds. The summed E-state index contributed by atoms with van der Waals surface area (Å²) in [5.41, 5.74) is 5.72. The van der Waals surface area contributed by atoms with Crippen molar-refractivity contribution in [1.29, 1.82) is 0 Å². The van der Waals surface area contributed by atoms with E-state index in [2.05, 4.69) is 10.6 Å². The second-order valence-electron chi connectivity index (χ2n) is 6.05. The van der Waals surface area contributed by atoms with Gasteiger partial charge in [0.15, 0.2) is 0 Å². The third-order valence-corrected chi connectivity index (χ3v) is 3.64. The van der Waals surface area contributed by atoms with Crippen LogP contribution in [0.2, 0.25) is 0 Å². The van der Waals surface area contributed by atoms with Crippen LogP contribution < -0.4 is 16.4 Å². The van der Waals surface area contributed by atoms with Crippen molar-refractivity contribution in [3.8, 4) is 0 Å². The summed E-state index contributed by atoms with van der Waals surface area (Å²) in [6, 6.07) is -1.12. The van der Waals surface area contributed by atoms with Crippen molar-refractivity contribution in [3.63, 3.8) is 0 Å². The quantitative estimate of drug-likeness (QED) is 0.630. The Balaban J connectivity index is 0.00000441. The third-order valence-electron chi connectivity index (χ3n) is 3.64. The highest BCUT2D eigenvalue weighted by Gasteiger charge is 2.35. The van der Waals surface area contributed by atoms with Gasteiger partial charge in [0.25, 0.3) is 0 Å². The number of rotatable bonds is 5. The molecule has 128 valence electrons. The zero-order valence-electron chi connectivity index (χ0n) is 13.6. The predicted octanol–water partition coefficient (Wildman–Crippen LogP) is -0.509. The van der Waals surface area contributed by atoms with E-state index < -0.39 is 12.1 Å². The number of hydrogen-bond acceptors (Lipinski definition) is 4. The molecular formula is C14H27ClN4O3. The highest BCUT2D eigenvalue weighted by atomic mass is 35.5. The van der Waals surface area contributed by atoms with E-state index in [1.54, 1.807) is 0 Å². The molecular weight excluding hydrogens is 308 g/mol. The third kappa shape index (κ3) is 5.14. The number of nitrogens with zero attached hydrogens (tertiary/aromatic N) is 1. The average molecular weight is 335 g/mol. The van der Waals surface area contributed by atoms with E-state index in [0.29, 0.717) is 13.1 Å². The average Bonchev–Trinajstić information content (AvgIpc) is 2.42. The van der Waals surface area contributed by atoms with Gasteiger partial charge in [-0.25, -0.2) is 0 Å². The van der Waals surface area contributed by atoms with Crippen molar-refractivity contribution in [3.05, 3.63) is 0 Å². The molecule has 1 unspecified atom stereocenters.